The molecule has 42 heavy (non-hydrogen) atoms. The molecule has 0 aliphatic heterocycles. The molecule has 0 bridgehead atoms. The average molecular weight is 560 g/mol. The number of nitrogens with one attached hydrogen (secondary N) is 2. The summed E-state index contributed by atoms with van der Waals surface area (Å²) in [4.78, 5) is 43.5. The van der Waals surface area contributed by atoms with E-state index in [1.165, 1.54) is 13.0 Å². The van der Waals surface area contributed by atoms with Crippen molar-refractivity contribution in [1.29, 1.82) is 0 Å². The monoisotopic (exact) mass is 559 g/mol. The molecule has 7 nitrogen and oxygen atoms in total. The van der Waals surface area contributed by atoms with Crippen LogP contribution in [0.3, 0.4) is 0 Å². The summed E-state index contributed by atoms with van der Waals surface area (Å²) in [5.74, 6) is 0.445. The lowest BCUT2D eigenvalue weighted by Crippen LogP contribution is -2.43. The molecule has 1 atom stereocenters. The van der Waals surface area contributed by atoms with Crippen molar-refractivity contribution in [1.82, 2.24) is 10.3 Å². The van der Waals surface area contributed by atoms with Crippen molar-refractivity contribution in [2.75, 3.05) is 11.9 Å². The van der Waals surface area contributed by atoms with Gasteiger partial charge in [-0.15, -0.1) is 0 Å². The number of amides is 1. The summed E-state index contributed by atoms with van der Waals surface area (Å²) in [5, 5.41) is 6.67. The predicted octanol–water partition coefficient (Wildman–Crippen LogP) is 5.68. The van der Waals surface area contributed by atoms with Crippen LogP contribution in [0.25, 0.3) is 11.0 Å². The summed E-state index contributed by atoms with van der Waals surface area (Å²) in [7, 11) is 0. The fourth-order valence-corrected chi connectivity index (χ4v) is 5.02. The fourth-order valence-electron chi connectivity index (χ4n) is 5.02. The Morgan fingerprint density at radius 3 is 2.19 bits per heavy atom. The first-order valence-electron chi connectivity index (χ1n) is 14.1. The largest absolute Gasteiger partial charge is 0.461 e. The van der Waals surface area contributed by atoms with Crippen LogP contribution in [0.4, 0.5) is 5.82 Å². The molecule has 2 heterocycles. The van der Waals surface area contributed by atoms with Crippen LogP contribution in [0.5, 0.6) is 0 Å². The first-order chi connectivity index (χ1) is 20.5. The second-order valence-corrected chi connectivity index (χ2v) is 10.3. The number of hydrogen-bond donors (Lipinski definition) is 2. The van der Waals surface area contributed by atoms with Gasteiger partial charge < -0.3 is 15.1 Å². The lowest BCUT2D eigenvalue weighted by Gasteiger charge is -2.22. The van der Waals surface area contributed by atoms with Crippen molar-refractivity contribution < 1.29 is 14.0 Å². The highest BCUT2D eigenvalue weighted by Gasteiger charge is 2.26. The fraction of sp³-hybridized carbons (Fsp3) is 0.200. The van der Waals surface area contributed by atoms with Crippen LogP contribution in [0.2, 0.25) is 0 Å². The first kappa shape index (κ1) is 28.5. The molecule has 5 aromatic rings. The molecule has 0 unspecified atom stereocenters. The van der Waals surface area contributed by atoms with E-state index in [0.717, 1.165) is 28.9 Å². The lowest BCUT2D eigenvalue weighted by atomic mass is 9.90. The summed E-state index contributed by atoms with van der Waals surface area (Å²) in [5.41, 5.74) is 2.81. The highest BCUT2D eigenvalue weighted by Crippen LogP contribution is 2.25. The van der Waals surface area contributed by atoms with E-state index in [1.807, 2.05) is 84.9 Å². The number of benzene rings is 3. The van der Waals surface area contributed by atoms with Crippen LogP contribution in [0.15, 0.2) is 119 Å². The van der Waals surface area contributed by atoms with Crippen molar-refractivity contribution in [3.8, 4) is 0 Å². The molecule has 5 rings (SSSR count). The third kappa shape index (κ3) is 7.18. The maximum absolute atomic E-state index is 13.6. The maximum atomic E-state index is 13.6. The Labute approximate surface area is 244 Å². The van der Waals surface area contributed by atoms with Crippen LogP contribution in [-0.4, -0.2) is 29.3 Å². The van der Waals surface area contributed by atoms with Crippen LogP contribution < -0.4 is 16.1 Å². The number of aromatic nitrogens is 1. The van der Waals surface area contributed by atoms with E-state index in [9.17, 15) is 14.4 Å². The van der Waals surface area contributed by atoms with Gasteiger partial charge in [-0.2, -0.15) is 0 Å². The zero-order valence-corrected chi connectivity index (χ0v) is 23.5. The van der Waals surface area contributed by atoms with E-state index < -0.39 is 12.0 Å². The molecule has 212 valence electrons. The maximum Gasteiger partial charge on any atom is 0.232 e. The van der Waals surface area contributed by atoms with Crippen molar-refractivity contribution in [3.05, 3.63) is 142 Å². The summed E-state index contributed by atoms with van der Waals surface area (Å²) >= 11 is 0. The number of pyridine rings is 1. The van der Waals surface area contributed by atoms with Gasteiger partial charge in [0.2, 0.25) is 5.91 Å². The quantitative estimate of drug-likeness (QED) is 0.191. The number of aryl methyl sites for hydroxylation is 1. The van der Waals surface area contributed by atoms with Crippen LogP contribution in [-0.2, 0) is 22.4 Å². The highest BCUT2D eigenvalue weighted by molar-refractivity contribution is 5.92. The molecular formula is C35H33N3O4. The SMILES string of the molecule is CC(=O)[C@H](Cc1ccc2oc(CCCNc3ccccn3)cc(=O)c2c1)NC(=O)C(c1ccccc1)c1ccccc1. The minimum absolute atomic E-state index is 0.137. The molecule has 2 N–H and O–H groups in total. The molecule has 0 aliphatic rings. The highest BCUT2D eigenvalue weighted by atomic mass is 16.3. The van der Waals surface area contributed by atoms with E-state index >= 15 is 0 Å². The molecule has 0 spiro atoms. The van der Waals surface area contributed by atoms with Crippen LogP contribution in [0, 0.1) is 0 Å². The zero-order chi connectivity index (χ0) is 29.3. The predicted molar refractivity (Wildman–Crippen MR) is 165 cm³/mol. The third-order valence-electron chi connectivity index (χ3n) is 7.19. The number of ketones is 1. The number of rotatable bonds is 12. The molecule has 1 amide bonds. The lowest BCUT2D eigenvalue weighted by molar-refractivity contribution is -0.127. The van der Waals surface area contributed by atoms with Crippen molar-refractivity contribution in [2.24, 2.45) is 0 Å². The summed E-state index contributed by atoms with van der Waals surface area (Å²) < 4.78 is 6.02. The van der Waals surface area contributed by atoms with Gasteiger partial charge in [0.05, 0.1) is 17.3 Å². The van der Waals surface area contributed by atoms with Gasteiger partial charge in [0, 0.05) is 25.2 Å². The molecule has 2 aromatic heterocycles. The Balaban J connectivity index is 1.28. The van der Waals surface area contributed by atoms with Crippen molar-refractivity contribution in [3.63, 3.8) is 0 Å². The van der Waals surface area contributed by atoms with E-state index in [-0.39, 0.29) is 23.5 Å². The number of anilines is 1. The second kappa shape index (κ2) is 13.5. The van der Waals surface area contributed by atoms with Crippen molar-refractivity contribution in [2.45, 2.75) is 38.1 Å². The zero-order valence-electron chi connectivity index (χ0n) is 23.5. The van der Waals surface area contributed by atoms with Gasteiger partial charge in [-0.1, -0.05) is 72.8 Å². The number of fused-ring (bicyclic) bond motifs is 1. The Morgan fingerprint density at radius 2 is 1.55 bits per heavy atom. The van der Waals surface area contributed by atoms with Gasteiger partial charge in [0.1, 0.15) is 17.2 Å². The topological polar surface area (TPSA) is 101 Å². The van der Waals surface area contributed by atoms with E-state index in [1.54, 1.807) is 18.3 Å². The molecule has 0 saturated heterocycles. The first-order valence-corrected chi connectivity index (χ1v) is 14.1. The van der Waals surface area contributed by atoms with Gasteiger partial charge >= 0.3 is 0 Å². The number of hydrogen-bond acceptors (Lipinski definition) is 6. The average Bonchev–Trinajstić information content (AvgIpc) is 3.01. The molecule has 0 radical (unpaired) electrons. The molecule has 0 saturated carbocycles. The van der Waals surface area contributed by atoms with Crippen LogP contribution in [0.1, 0.15) is 41.7 Å². The standard InChI is InChI=1S/C35H33N3O4/c1-24(39)30(38-35(41)34(26-11-4-2-5-12-26)27-13-6-3-7-14-27)22-25-17-18-32-29(21-25)31(40)23-28(42-32)15-10-20-37-33-16-8-9-19-36-33/h2-9,11-14,16-19,21,23,30,34H,10,15,20,22H2,1H3,(H,36,37)(H,38,41)/t30-/m0/s1. The van der Waals surface area contributed by atoms with Crippen LogP contribution >= 0.6 is 0 Å². The summed E-state index contributed by atoms with van der Waals surface area (Å²) in [6.45, 7) is 2.17. The van der Waals surface area contributed by atoms with E-state index in [4.69, 9.17) is 4.42 Å². The van der Waals surface area contributed by atoms with Gasteiger partial charge in [0.25, 0.3) is 0 Å². The Kier molecular flexibility index (Phi) is 9.19. The number of carbonyl (C=O) groups excluding carboxylic acids is 2. The molecule has 3 aromatic carbocycles. The summed E-state index contributed by atoms with van der Waals surface area (Å²) in [6, 6.07) is 30.9. The Morgan fingerprint density at radius 1 is 0.857 bits per heavy atom. The van der Waals surface area contributed by atoms with Gasteiger partial charge in [-0.3, -0.25) is 14.4 Å². The third-order valence-corrected chi connectivity index (χ3v) is 7.19. The smallest absolute Gasteiger partial charge is 0.232 e. The van der Waals surface area contributed by atoms with E-state index in [2.05, 4.69) is 15.6 Å². The minimum Gasteiger partial charge on any atom is -0.461 e. The normalized spacial score (nSPS) is 11.8. The second-order valence-electron chi connectivity index (χ2n) is 10.3. The minimum atomic E-state index is -0.747. The van der Waals surface area contributed by atoms with Crippen molar-refractivity contribution >= 4 is 28.5 Å². The van der Waals surface area contributed by atoms with Gasteiger partial charge in [-0.05, 0) is 60.7 Å². The molecular weight excluding hydrogens is 526 g/mol. The molecule has 0 fully saturated rings. The number of Topliss-reactive ketones (excluding diaryl/α,β-unsaturated/α-hetero) is 1. The Hall–Kier alpha value is -5.04. The number of nitrogens with zero attached hydrogens (tertiary/aromatic N) is 1. The summed E-state index contributed by atoms with van der Waals surface area (Å²) in [6.07, 6.45) is 3.37. The number of carbonyl (C=O) groups is 2. The molecule has 7 heteroatoms. The Bertz CT molecular complexity index is 1660. The van der Waals surface area contributed by atoms with E-state index in [0.29, 0.717) is 29.7 Å². The van der Waals surface area contributed by atoms with Gasteiger partial charge in [0.15, 0.2) is 11.2 Å². The van der Waals surface area contributed by atoms with Gasteiger partial charge in [-0.25, -0.2) is 4.98 Å². The molecule has 0 aliphatic carbocycles.